The lowest BCUT2D eigenvalue weighted by Gasteiger charge is -2.23. The average molecular weight is 256 g/mol. The van der Waals surface area contributed by atoms with Gasteiger partial charge in [0.05, 0.1) is 11.3 Å². The number of halogens is 2. The minimum Gasteiger partial charge on any atom is -0.396 e. The Hall–Kier alpha value is -1.69. The molecule has 6 heteroatoms. The molecule has 0 bridgehead atoms. The van der Waals surface area contributed by atoms with Crippen molar-refractivity contribution in [3.63, 3.8) is 0 Å². The summed E-state index contributed by atoms with van der Waals surface area (Å²) in [7, 11) is 0. The van der Waals surface area contributed by atoms with Crippen LogP contribution in [0.1, 0.15) is 23.2 Å². The molecule has 98 valence electrons. The second kappa shape index (κ2) is 5.30. The number of rotatable bonds is 2. The average Bonchev–Trinajstić information content (AvgIpc) is 2.35. The minimum atomic E-state index is -0.911. The third-order valence-corrected chi connectivity index (χ3v) is 2.89. The maximum absolute atomic E-state index is 13.5. The van der Waals surface area contributed by atoms with Gasteiger partial charge in [0.25, 0.3) is 5.91 Å². The number of nitrogens with one attached hydrogen (secondary N) is 1. The van der Waals surface area contributed by atoms with Crippen LogP contribution in [0.4, 0.5) is 14.5 Å². The van der Waals surface area contributed by atoms with Crippen molar-refractivity contribution in [2.24, 2.45) is 0 Å². The topological polar surface area (TPSA) is 64.4 Å². The number of hydrogen-bond acceptors (Lipinski definition) is 3. The number of amides is 1. The van der Waals surface area contributed by atoms with Crippen molar-refractivity contribution in [1.29, 1.82) is 0 Å². The Morgan fingerprint density at radius 1 is 1.28 bits per heavy atom. The van der Waals surface area contributed by atoms with E-state index < -0.39 is 17.5 Å². The zero-order valence-electron chi connectivity index (χ0n) is 9.71. The molecule has 1 saturated heterocycles. The van der Waals surface area contributed by atoms with E-state index in [1.807, 2.05) is 0 Å². The van der Waals surface area contributed by atoms with E-state index in [0.717, 1.165) is 6.07 Å². The molecule has 0 spiro atoms. The predicted octanol–water partition coefficient (Wildman–Crippen LogP) is 1.46. The van der Waals surface area contributed by atoms with Gasteiger partial charge in [0.2, 0.25) is 0 Å². The summed E-state index contributed by atoms with van der Waals surface area (Å²) in [6, 6.07) is 1.59. The molecule has 0 radical (unpaired) electrons. The van der Waals surface area contributed by atoms with E-state index in [-0.39, 0.29) is 17.3 Å². The van der Waals surface area contributed by atoms with Crippen LogP contribution >= 0.6 is 0 Å². The standard InChI is InChI=1S/C12H14F2N2O2/c13-9-6-10(14)11(15)5-8(9)12(17)16-7-1-3-18-4-2-7/h5-7H,1-4,15H2,(H,16,17). The number of benzene rings is 1. The van der Waals surface area contributed by atoms with E-state index in [0.29, 0.717) is 32.1 Å². The summed E-state index contributed by atoms with van der Waals surface area (Å²) in [5.74, 6) is -2.35. The molecular formula is C12H14F2N2O2. The summed E-state index contributed by atoms with van der Waals surface area (Å²) in [5.41, 5.74) is 4.84. The van der Waals surface area contributed by atoms with Gasteiger partial charge in [0.15, 0.2) is 0 Å². The Morgan fingerprint density at radius 3 is 2.61 bits per heavy atom. The van der Waals surface area contributed by atoms with Crippen LogP contribution in [0, 0.1) is 11.6 Å². The summed E-state index contributed by atoms with van der Waals surface area (Å²) < 4.78 is 31.6. The second-order valence-electron chi connectivity index (χ2n) is 4.21. The molecule has 1 amide bonds. The highest BCUT2D eigenvalue weighted by molar-refractivity contribution is 5.95. The lowest BCUT2D eigenvalue weighted by Crippen LogP contribution is -2.39. The van der Waals surface area contributed by atoms with Crippen LogP contribution in [0.25, 0.3) is 0 Å². The molecule has 4 nitrogen and oxygen atoms in total. The summed E-state index contributed by atoms with van der Waals surface area (Å²) in [6.07, 6.45) is 1.37. The summed E-state index contributed by atoms with van der Waals surface area (Å²) in [5, 5.41) is 2.69. The molecule has 18 heavy (non-hydrogen) atoms. The van der Waals surface area contributed by atoms with Gasteiger partial charge < -0.3 is 15.8 Å². The highest BCUT2D eigenvalue weighted by Crippen LogP contribution is 2.17. The number of nitrogens with two attached hydrogens (primary N) is 1. The first kappa shape index (κ1) is 12.8. The van der Waals surface area contributed by atoms with Crippen LogP contribution in [0.2, 0.25) is 0 Å². The normalized spacial score (nSPS) is 16.6. The molecule has 1 aromatic rings. The van der Waals surface area contributed by atoms with Crippen molar-refractivity contribution in [3.8, 4) is 0 Å². The van der Waals surface area contributed by atoms with Crippen molar-refractivity contribution in [2.75, 3.05) is 18.9 Å². The maximum Gasteiger partial charge on any atom is 0.254 e. The molecule has 3 N–H and O–H groups in total. The molecule has 1 fully saturated rings. The molecule has 1 aliphatic heterocycles. The molecule has 0 saturated carbocycles. The number of nitrogen functional groups attached to an aromatic ring is 1. The monoisotopic (exact) mass is 256 g/mol. The van der Waals surface area contributed by atoms with Gasteiger partial charge in [-0.15, -0.1) is 0 Å². The Bertz CT molecular complexity index is 460. The van der Waals surface area contributed by atoms with Crippen LogP contribution in [-0.4, -0.2) is 25.2 Å². The Labute approximate surface area is 103 Å². The molecule has 1 heterocycles. The largest absolute Gasteiger partial charge is 0.396 e. The quantitative estimate of drug-likeness (QED) is 0.787. The lowest BCUT2D eigenvalue weighted by molar-refractivity contribution is 0.0694. The first-order valence-corrected chi connectivity index (χ1v) is 5.71. The van der Waals surface area contributed by atoms with E-state index >= 15 is 0 Å². The van der Waals surface area contributed by atoms with Gasteiger partial charge in [0.1, 0.15) is 11.6 Å². The van der Waals surface area contributed by atoms with Crippen molar-refractivity contribution >= 4 is 11.6 Å². The summed E-state index contributed by atoms with van der Waals surface area (Å²) in [6.45, 7) is 1.14. The fraction of sp³-hybridized carbons (Fsp3) is 0.417. The van der Waals surface area contributed by atoms with Crippen molar-refractivity contribution in [2.45, 2.75) is 18.9 Å². The molecule has 1 aliphatic rings. The highest BCUT2D eigenvalue weighted by Gasteiger charge is 2.20. The SMILES string of the molecule is Nc1cc(C(=O)NC2CCOCC2)c(F)cc1F. The second-order valence-corrected chi connectivity index (χ2v) is 4.21. The fourth-order valence-electron chi connectivity index (χ4n) is 1.84. The zero-order valence-corrected chi connectivity index (χ0v) is 9.71. The van der Waals surface area contributed by atoms with Gasteiger partial charge in [-0.05, 0) is 18.9 Å². The van der Waals surface area contributed by atoms with E-state index in [2.05, 4.69) is 5.32 Å². The predicted molar refractivity (Wildman–Crippen MR) is 62.1 cm³/mol. The molecular weight excluding hydrogens is 242 g/mol. The van der Waals surface area contributed by atoms with Gasteiger partial charge in [-0.3, -0.25) is 4.79 Å². The van der Waals surface area contributed by atoms with Crippen LogP contribution in [0.5, 0.6) is 0 Å². The van der Waals surface area contributed by atoms with Crippen molar-refractivity contribution in [1.82, 2.24) is 5.32 Å². The van der Waals surface area contributed by atoms with E-state index in [4.69, 9.17) is 10.5 Å². The smallest absolute Gasteiger partial charge is 0.254 e. The van der Waals surface area contributed by atoms with Gasteiger partial charge in [-0.25, -0.2) is 8.78 Å². The van der Waals surface area contributed by atoms with E-state index in [1.165, 1.54) is 0 Å². The zero-order chi connectivity index (χ0) is 13.1. The van der Waals surface area contributed by atoms with Gasteiger partial charge in [0, 0.05) is 25.3 Å². The minimum absolute atomic E-state index is 0.0445. The number of anilines is 1. The van der Waals surface area contributed by atoms with Gasteiger partial charge in [-0.2, -0.15) is 0 Å². The van der Waals surface area contributed by atoms with Crippen LogP contribution in [-0.2, 0) is 4.74 Å². The number of ether oxygens (including phenoxy) is 1. The molecule has 1 aromatic carbocycles. The van der Waals surface area contributed by atoms with Crippen LogP contribution < -0.4 is 11.1 Å². The van der Waals surface area contributed by atoms with Gasteiger partial charge >= 0.3 is 0 Å². The van der Waals surface area contributed by atoms with Crippen molar-refractivity contribution in [3.05, 3.63) is 29.3 Å². The Morgan fingerprint density at radius 2 is 1.94 bits per heavy atom. The first-order valence-electron chi connectivity index (χ1n) is 5.71. The Balaban J connectivity index is 2.10. The molecule has 0 atom stereocenters. The third-order valence-electron chi connectivity index (χ3n) is 2.89. The third kappa shape index (κ3) is 2.76. The molecule has 0 unspecified atom stereocenters. The fourth-order valence-corrected chi connectivity index (χ4v) is 1.84. The maximum atomic E-state index is 13.5. The first-order chi connectivity index (χ1) is 8.58. The number of carbonyl (C=O) groups excluding carboxylic acids is 1. The van der Waals surface area contributed by atoms with Crippen molar-refractivity contribution < 1.29 is 18.3 Å². The number of hydrogen-bond donors (Lipinski definition) is 2. The Kier molecular flexibility index (Phi) is 3.76. The van der Waals surface area contributed by atoms with Crippen LogP contribution in [0.15, 0.2) is 12.1 Å². The van der Waals surface area contributed by atoms with E-state index in [9.17, 15) is 13.6 Å². The highest BCUT2D eigenvalue weighted by atomic mass is 19.1. The lowest BCUT2D eigenvalue weighted by atomic mass is 10.1. The van der Waals surface area contributed by atoms with Gasteiger partial charge in [-0.1, -0.05) is 0 Å². The molecule has 0 aromatic heterocycles. The summed E-state index contributed by atoms with van der Waals surface area (Å²) in [4.78, 5) is 11.8. The summed E-state index contributed by atoms with van der Waals surface area (Å²) >= 11 is 0. The molecule has 0 aliphatic carbocycles. The molecule has 2 rings (SSSR count). The van der Waals surface area contributed by atoms with E-state index in [1.54, 1.807) is 0 Å². The number of carbonyl (C=O) groups is 1. The van der Waals surface area contributed by atoms with Crippen LogP contribution in [0.3, 0.4) is 0 Å².